The predicted octanol–water partition coefficient (Wildman–Crippen LogP) is -1.51. The van der Waals surface area contributed by atoms with E-state index in [0.29, 0.717) is 0 Å². The second kappa shape index (κ2) is 3.30. The van der Waals surface area contributed by atoms with E-state index in [4.69, 9.17) is 21.4 Å². The van der Waals surface area contributed by atoms with Gasteiger partial charge in [0.15, 0.2) is 0 Å². The van der Waals surface area contributed by atoms with E-state index < -0.39 is 24.9 Å². The number of hydrogen-bond donors (Lipinski definition) is 3. The molecule has 0 aromatic rings. The molecule has 0 saturated carbocycles. The van der Waals surface area contributed by atoms with E-state index in [-0.39, 0.29) is 13.0 Å². The first kappa shape index (κ1) is 6.54. The van der Waals surface area contributed by atoms with Crippen molar-refractivity contribution in [2.24, 2.45) is 0 Å². The Morgan fingerprint density at radius 3 is 2.90 bits per heavy atom. The van der Waals surface area contributed by atoms with Crippen LogP contribution in [0.5, 0.6) is 0 Å². The van der Waals surface area contributed by atoms with Crippen molar-refractivity contribution >= 4 is 0 Å². The maximum atomic E-state index is 9.14. The monoisotopic (exact) mass is 149 g/mol. The Labute approximate surface area is 60.5 Å². The molecule has 1 saturated heterocycles. The number of ether oxygens (including phenoxy) is 1. The molecule has 60 valence electrons. The summed E-state index contributed by atoms with van der Waals surface area (Å²) in [6.07, 6.45) is -2.75. The molecule has 0 aromatic heterocycles. The van der Waals surface area contributed by atoms with Gasteiger partial charge in [-0.2, -0.15) is 0 Å². The van der Waals surface area contributed by atoms with Gasteiger partial charge in [0.1, 0.15) is 12.2 Å². The normalized spacial score (nSPS) is 50.5. The Morgan fingerprint density at radius 2 is 2.30 bits per heavy atom. The van der Waals surface area contributed by atoms with Crippen LogP contribution in [0.1, 0.15) is 7.79 Å². The van der Waals surface area contributed by atoms with Crippen LogP contribution in [0.15, 0.2) is 0 Å². The van der Waals surface area contributed by atoms with Gasteiger partial charge >= 0.3 is 0 Å². The predicted molar refractivity (Wildman–Crippen MR) is 33.5 cm³/mol. The topological polar surface area (TPSA) is 69.9 Å². The standard InChI is InChI=1S/C6H12O4/c7-3-5-6(9)4(8)1-2-10-5/h4-9H,1-3H2/t4-,5-,6+/m1/s1/i2D/t2?,4-,5-,6+. The van der Waals surface area contributed by atoms with E-state index in [1.807, 2.05) is 0 Å². The molecular weight excluding hydrogens is 136 g/mol. The molecule has 1 aliphatic rings. The number of rotatable bonds is 1. The second-order valence-electron chi connectivity index (χ2n) is 2.32. The maximum Gasteiger partial charge on any atom is 0.109 e. The molecule has 0 aromatic carbocycles. The minimum absolute atomic E-state index is 0.0949. The van der Waals surface area contributed by atoms with Crippen LogP contribution in [-0.2, 0) is 4.74 Å². The van der Waals surface area contributed by atoms with Gasteiger partial charge in [-0.25, -0.2) is 0 Å². The Balaban J connectivity index is 2.51. The number of aliphatic hydroxyl groups excluding tert-OH is 3. The largest absolute Gasteiger partial charge is 0.394 e. The van der Waals surface area contributed by atoms with Crippen LogP contribution >= 0.6 is 0 Å². The third-order valence-electron chi connectivity index (χ3n) is 1.56. The van der Waals surface area contributed by atoms with E-state index >= 15 is 0 Å². The zero-order valence-corrected chi connectivity index (χ0v) is 5.47. The fraction of sp³-hybridized carbons (Fsp3) is 1.00. The van der Waals surface area contributed by atoms with Crippen molar-refractivity contribution in [3.05, 3.63) is 0 Å². The molecule has 1 heterocycles. The molecule has 0 spiro atoms. The third kappa shape index (κ3) is 1.46. The van der Waals surface area contributed by atoms with Gasteiger partial charge < -0.3 is 20.1 Å². The fourth-order valence-corrected chi connectivity index (χ4v) is 0.896. The molecule has 1 aliphatic heterocycles. The molecule has 1 unspecified atom stereocenters. The van der Waals surface area contributed by atoms with Gasteiger partial charge in [-0.05, 0) is 6.42 Å². The Hall–Kier alpha value is -0.160. The van der Waals surface area contributed by atoms with Gasteiger partial charge in [-0.1, -0.05) is 0 Å². The highest BCUT2D eigenvalue weighted by Crippen LogP contribution is 2.13. The first-order valence-electron chi connectivity index (χ1n) is 3.77. The molecule has 0 amide bonds. The third-order valence-corrected chi connectivity index (χ3v) is 1.56. The molecule has 0 radical (unpaired) electrons. The van der Waals surface area contributed by atoms with Gasteiger partial charge in [0, 0.05) is 6.58 Å². The van der Waals surface area contributed by atoms with Crippen molar-refractivity contribution < 1.29 is 21.4 Å². The molecule has 0 aliphatic carbocycles. The van der Waals surface area contributed by atoms with Crippen LogP contribution < -0.4 is 0 Å². The SMILES string of the molecule is [2H]C1C[C@@H](O)[C@H](O)[C@@H](CO)O1. The summed E-state index contributed by atoms with van der Waals surface area (Å²) in [5.41, 5.74) is 0. The first-order chi connectivity index (χ1) is 5.15. The van der Waals surface area contributed by atoms with Crippen LogP contribution in [-0.4, -0.2) is 46.8 Å². The summed E-state index contributed by atoms with van der Waals surface area (Å²) in [6.45, 7) is -1.21. The number of hydrogen-bond acceptors (Lipinski definition) is 4. The molecule has 4 nitrogen and oxygen atoms in total. The zero-order valence-electron chi connectivity index (χ0n) is 6.47. The quantitative estimate of drug-likeness (QED) is 0.424. The van der Waals surface area contributed by atoms with Crippen LogP contribution in [0, 0.1) is 0 Å². The zero-order chi connectivity index (χ0) is 8.43. The smallest absolute Gasteiger partial charge is 0.109 e. The minimum Gasteiger partial charge on any atom is -0.394 e. The first-order valence-corrected chi connectivity index (χ1v) is 3.20. The lowest BCUT2D eigenvalue weighted by Gasteiger charge is -2.30. The van der Waals surface area contributed by atoms with Crippen molar-refractivity contribution in [1.82, 2.24) is 0 Å². The molecular formula is C6H12O4. The lowest BCUT2D eigenvalue weighted by molar-refractivity contribution is -0.147. The van der Waals surface area contributed by atoms with Crippen molar-refractivity contribution in [2.45, 2.75) is 24.7 Å². The van der Waals surface area contributed by atoms with Gasteiger partial charge in [0.2, 0.25) is 0 Å². The van der Waals surface area contributed by atoms with Gasteiger partial charge in [-0.15, -0.1) is 0 Å². The summed E-state index contributed by atoms with van der Waals surface area (Å²) < 4.78 is 11.9. The number of aliphatic hydroxyl groups is 3. The Bertz CT molecular complexity index is 132. The minimum atomic E-state index is -1.07. The van der Waals surface area contributed by atoms with E-state index in [0.717, 1.165) is 0 Å². The van der Waals surface area contributed by atoms with Crippen molar-refractivity contribution in [3.63, 3.8) is 0 Å². The highest BCUT2D eigenvalue weighted by Gasteiger charge is 2.30. The lowest BCUT2D eigenvalue weighted by Crippen LogP contribution is -2.46. The van der Waals surface area contributed by atoms with Gasteiger partial charge in [0.05, 0.1) is 14.1 Å². The van der Waals surface area contributed by atoms with Gasteiger partial charge in [0.25, 0.3) is 0 Å². The summed E-state index contributed by atoms with van der Waals surface area (Å²) >= 11 is 0. The maximum absolute atomic E-state index is 9.14. The Morgan fingerprint density at radius 1 is 1.60 bits per heavy atom. The molecule has 1 fully saturated rings. The summed E-state index contributed by atoms with van der Waals surface area (Å²) in [5, 5.41) is 26.8. The second-order valence-corrected chi connectivity index (χ2v) is 2.32. The van der Waals surface area contributed by atoms with Crippen molar-refractivity contribution in [1.29, 1.82) is 0 Å². The van der Waals surface area contributed by atoms with Crippen LogP contribution in [0.4, 0.5) is 0 Å². The molecule has 10 heavy (non-hydrogen) atoms. The van der Waals surface area contributed by atoms with E-state index in [1.165, 1.54) is 0 Å². The van der Waals surface area contributed by atoms with Crippen molar-refractivity contribution in [3.8, 4) is 0 Å². The van der Waals surface area contributed by atoms with Crippen LogP contribution in [0.3, 0.4) is 0 Å². The highest BCUT2D eigenvalue weighted by molar-refractivity contribution is 4.79. The van der Waals surface area contributed by atoms with Crippen molar-refractivity contribution in [2.75, 3.05) is 13.2 Å². The van der Waals surface area contributed by atoms with E-state index in [1.54, 1.807) is 0 Å². The highest BCUT2D eigenvalue weighted by atomic mass is 16.5. The molecule has 3 N–H and O–H groups in total. The van der Waals surface area contributed by atoms with E-state index in [2.05, 4.69) is 0 Å². The Kier molecular flexibility index (Phi) is 2.16. The average Bonchev–Trinajstić information content (AvgIpc) is 1.96. The summed E-state index contributed by atoms with van der Waals surface area (Å²) in [4.78, 5) is 0. The summed E-state index contributed by atoms with van der Waals surface area (Å²) in [7, 11) is 0. The van der Waals surface area contributed by atoms with Crippen LogP contribution in [0.25, 0.3) is 0 Å². The molecule has 4 heteroatoms. The van der Waals surface area contributed by atoms with E-state index in [9.17, 15) is 0 Å². The average molecular weight is 149 g/mol. The van der Waals surface area contributed by atoms with Crippen LogP contribution in [0.2, 0.25) is 0 Å². The lowest BCUT2D eigenvalue weighted by atomic mass is 10.0. The summed E-state index contributed by atoms with van der Waals surface area (Å²) in [6, 6.07) is 0. The molecule has 4 atom stereocenters. The molecule has 1 rings (SSSR count). The summed E-state index contributed by atoms with van der Waals surface area (Å²) in [5.74, 6) is 0. The van der Waals surface area contributed by atoms with Gasteiger partial charge in [-0.3, -0.25) is 0 Å². The molecule has 0 bridgehead atoms. The fourth-order valence-electron chi connectivity index (χ4n) is 0.896.